The molecular weight excluding hydrogens is 266 g/mol. The highest BCUT2D eigenvalue weighted by molar-refractivity contribution is 6.11. The van der Waals surface area contributed by atoms with Crippen LogP contribution >= 0.6 is 0 Å². The first kappa shape index (κ1) is 14.0. The van der Waals surface area contributed by atoms with Crippen molar-refractivity contribution in [1.82, 2.24) is 0 Å². The van der Waals surface area contributed by atoms with Crippen molar-refractivity contribution in [2.75, 3.05) is 14.2 Å². The van der Waals surface area contributed by atoms with Gasteiger partial charge in [0.05, 0.1) is 19.8 Å². The zero-order valence-electron chi connectivity index (χ0n) is 10.9. The lowest BCUT2D eigenvalue weighted by Gasteiger charge is -2.13. The van der Waals surface area contributed by atoms with E-state index in [1.165, 1.54) is 14.2 Å². The molecule has 0 heterocycles. The fourth-order valence-corrected chi connectivity index (χ4v) is 1.88. The number of carbonyl (C=O) groups excluding carboxylic acids is 1. The second kappa shape index (κ2) is 5.69. The molecular formula is C15H12F2O3. The van der Waals surface area contributed by atoms with Crippen molar-refractivity contribution < 1.29 is 23.0 Å². The van der Waals surface area contributed by atoms with Crippen LogP contribution in [-0.4, -0.2) is 20.0 Å². The lowest BCUT2D eigenvalue weighted by atomic mass is 10.0. The lowest BCUT2D eigenvalue weighted by molar-refractivity contribution is 0.103. The first-order valence-corrected chi connectivity index (χ1v) is 5.79. The van der Waals surface area contributed by atoms with E-state index in [-0.39, 0.29) is 11.3 Å². The van der Waals surface area contributed by atoms with Gasteiger partial charge in [0.25, 0.3) is 0 Å². The second-order valence-electron chi connectivity index (χ2n) is 3.98. The predicted molar refractivity (Wildman–Crippen MR) is 69.3 cm³/mol. The Hall–Kier alpha value is -2.43. The molecule has 0 unspecified atom stereocenters. The number of rotatable bonds is 4. The topological polar surface area (TPSA) is 35.5 Å². The Bertz CT molecular complexity index is 639. The molecule has 0 atom stereocenters. The molecule has 0 aromatic heterocycles. The van der Waals surface area contributed by atoms with Gasteiger partial charge in [-0.2, -0.15) is 4.39 Å². The highest BCUT2D eigenvalue weighted by Gasteiger charge is 2.24. The van der Waals surface area contributed by atoms with E-state index >= 15 is 0 Å². The fourth-order valence-electron chi connectivity index (χ4n) is 1.88. The Morgan fingerprint density at radius 3 is 2.15 bits per heavy atom. The number of hydrogen-bond donors (Lipinski definition) is 0. The minimum atomic E-state index is -1.19. The summed E-state index contributed by atoms with van der Waals surface area (Å²) in [6.07, 6.45) is 0. The van der Waals surface area contributed by atoms with Gasteiger partial charge in [0.1, 0.15) is 0 Å². The molecule has 0 saturated carbocycles. The molecule has 20 heavy (non-hydrogen) atoms. The number of ether oxygens (including phenoxy) is 2. The van der Waals surface area contributed by atoms with Crippen molar-refractivity contribution in [3.63, 3.8) is 0 Å². The van der Waals surface area contributed by atoms with E-state index in [1.54, 1.807) is 30.3 Å². The molecule has 0 fully saturated rings. The number of benzene rings is 2. The summed E-state index contributed by atoms with van der Waals surface area (Å²) in [6, 6.07) is 9.07. The molecule has 0 amide bonds. The van der Waals surface area contributed by atoms with E-state index in [0.717, 1.165) is 6.07 Å². The zero-order valence-corrected chi connectivity index (χ0v) is 10.9. The van der Waals surface area contributed by atoms with Crippen molar-refractivity contribution in [1.29, 1.82) is 0 Å². The molecule has 3 nitrogen and oxygen atoms in total. The first-order chi connectivity index (χ1) is 9.60. The molecule has 0 saturated heterocycles. The van der Waals surface area contributed by atoms with Crippen LogP contribution in [0.25, 0.3) is 0 Å². The molecule has 0 bridgehead atoms. The first-order valence-electron chi connectivity index (χ1n) is 5.79. The predicted octanol–water partition coefficient (Wildman–Crippen LogP) is 3.21. The van der Waals surface area contributed by atoms with Crippen molar-refractivity contribution in [2.24, 2.45) is 0 Å². The highest BCUT2D eigenvalue weighted by atomic mass is 19.2. The van der Waals surface area contributed by atoms with Crippen LogP contribution < -0.4 is 9.47 Å². The summed E-state index contributed by atoms with van der Waals surface area (Å²) in [5.41, 5.74) is 0.258. The summed E-state index contributed by atoms with van der Waals surface area (Å²) in [6.45, 7) is 0. The molecule has 0 aliphatic carbocycles. The van der Waals surface area contributed by atoms with Gasteiger partial charge in [-0.25, -0.2) is 4.39 Å². The minimum absolute atomic E-state index is 0.0885. The van der Waals surface area contributed by atoms with Crippen molar-refractivity contribution >= 4 is 5.78 Å². The maximum atomic E-state index is 13.6. The molecule has 0 N–H and O–H groups in total. The summed E-state index contributed by atoms with van der Waals surface area (Å²) in [7, 11) is 2.44. The largest absolute Gasteiger partial charge is 0.492 e. The summed E-state index contributed by atoms with van der Waals surface area (Å²) in [5, 5.41) is 0. The summed E-state index contributed by atoms with van der Waals surface area (Å²) in [5.74, 6) is -3.37. The van der Waals surface area contributed by atoms with Gasteiger partial charge >= 0.3 is 0 Å². The number of ketones is 1. The van der Waals surface area contributed by atoms with E-state index < -0.39 is 23.2 Å². The van der Waals surface area contributed by atoms with Gasteiger partial charge in [0.15, 0.2) is 17.3 Å². The standard InChI is InChI=1S/C15H12F2O3/c1-19-14-10(8-11(16)12(17)15(14)20-2)13(18)9-6-4-3-5-7-9/h3-8H,1-2H3. The van der Waals surface area contributed by atoms with Crippen molar-refractivity contribution in [3.8, 4) is 11.5 Å². The average molecular weight is 278 g/mol. The summed E-state index contributed by atoms with van der Waals surface area (Å²) >= 11 is 0. The van der Waals surface area contributed by atoms with Crippen LogP contribution in [0.2, 0.25) is 0 Å². The molecule has 2 aromatic carbocycles. The minimum Gasteiger partial charge on any atom is -0.492 e. The van der Waals surface area contributed by atoms with Crippen LogP contribution in [0.1, 0.15) is 15.9 Å². The number of methoxy groups -OCH3 is 2. The van der Waals surface area contributed by atoms with Crippen molar-refractivity contribution in [3.05, 3.63) is 59.2 Å². The van der Waals surface area contributed by atoms with E-state index in [1.807, 2.05) is 0 Å². The maximum absolute atomic E-state index is 13.6. The molecule has 0 radical (unpaired) electrons. The fraction of sp³-hybridized carbons (Fsp3) is 0.133. The zero-order chi connectivity index (χ0) is 14.7. The van der Waals surface area contributed by atoms with Crippen LogP contribution in [0, 0.1) is 11.6 Å². The smallest absolute Gasteiger partial charge is 0.204 e. The molecule has 104 valence electrons. The third-order valence-electron chi connectivity index (χ3n) is 2.82. The Labute approximate surface area is 114 Å². The van der Waals surface area contributed by atoms with Gasteiger partial charge in [-0.3, -0.25) is 4.79 Å². The molecule has 0 aliphatic rings. The summed E-state index contributed by atoms with van der Waals surface area (Å²) in [4.78, 5) is 12.3. The second-order valence-corrected chi connectivity index (χ2v) is 3.98. The lowest BCUT2D eigenvalue weighted by Crippen LogP contribution is -2.08. The molecule has 2 rings (SSSR count). The Kier molecular flexibility index (Phi) is 3.98. The molecule has 0 aliphatic heterocycles. The number of carbonyl (C=O) groups is 1. The third kappa shape index (κ3) is 2.34. The van der Waals surface area contributed by atoms with Crippen LogP contribution in [0.3, 0.4) is 0 Å². The van der Waals surface area contributed by atoms with Gasteiger partial charge < -0.3 is 9.47 Å². The molecule has 2 aromatic rings. The SMILES string of the molecule is COc1c(C(=O)c2ccccc2)cc(F)c(F)c1OC. The average Bonchev–Trinajstić information content (AvgIpc) is 2.49. The quantitative estimate of drug-likeness (QED) is 0.806. The van der Waals surface area contributed by atoms with E-state index in [9.17, 15) is 13.6 Å². The van der Waals surface area contributed by atoms with Crippen molar-refractivity contribution in [2.45, 2.75) is 0 Å². The highest BCUT2D eigenvalue weighted by Crippen LogP contribution is 2.36. The number of hydrogen-bond acceptors (Lipinski definition) is 3. The van der Waals surface area contributed by atoms with Crippen LogP contribution in [0.4, 0.5) is 8.78 Å². The Balaban J connectivity index is 2.62. The van der Waals surface area contributed by atoms with Gasteiger partial charge in [0.2, 0.25) is 11.6 Å². The normalized spacial score (nSPS) is 10.2. The van der Waals surface area contributed by atoms with E-state index in [2.05, 4.69) is 0 Å². The maximum Gasteiger partial charge on any atom is 0.204 e. The van der Waals surface area contributed by atoms with Gasteiger partial charge in [-0.15, -0.1) is 0 Å². The van der Waals surface area contributed by atoms with Crippen LogP contribution in [0.5, 0.6) is 11.5 Å². The monoisotopic (exact) mass is 278 g/mol. The molecule has 0 spiro atoms. The van der Waals surface area contributed by atoms with E-state index in [4.69, 9.17) is 9.47 Å². The Morgan fingerprint density at radius 2 is 1.60 bits per heavy atom. The number of halogens is 2. The van der Waals surface area contributed by atoms with Crippen LogP contribution in [0.15, 0.2) is 36.4 Å². The summed E-state index contributed by atoms with van der Waals surface area (Å²) < 4.78 is 36.9. The third-order valence-corrected chi connectivity index (χ3v) is 2.82. The Morgan fingerprint density at radius 1 is 1.00 bits per heavy atom. The van der Waals surface area contributed by atoms with E-state index in [0.29, 0.717) is 5.56 Å². The molecule has 5 heteroatoms. The van der Waals surface area contributed by atoms with Gasteiger partial charge in [0, 0.05) is 5.56 Å². The van der Waals surface area contributed by atoms with Gasteiger partial charge in [-0.1, -0.05) is 30.3 Å². The van der Waals surface area contributed by atoms with Gasteiger partial charge in [-0.05, 0) is 6.07 Å². The van der Waals surface area contributed by atoms with Crippen LogP contribution in [-0.2, 0) is 0 Å².